The monoisotopic (exact) mass is 358 g/mol. The average molecular weight is 358 g/mol. The van der Waals surface area contributed by atoms with Crippen molar-refractivity contribution in [3.63, 3.8) is 0 Å². The molecule has 6 nitrogen and oxygen atoms in total. The number of nitrogens with zero attached hydrogens (tertiary/aromatic N) is 4. The lowest BCUT2D eigenvalue weighted by Gasteiger charge is -2.33. The summed E-state index contributed by atoms with van der Waals surface area (Å²) in [6.45, 7) is 8.69. The molecule has 1 saturated heterocycles. The van der Waals surface area contributed by atoms with E-state index >= 15 is 0 Å². The van der Waals surface area contributed by atoms with Crippen molar-refractivity contribution in [3.05, 3.63) is 23.3 Å². The molecule has 1 atom stereocenters. The highest BCUT2D eigenvalue weighted by Gasteiger charge is 2.29. The van der Waals surface area contributed by atoms with E-state index in [9.17, 15) is 9.59 Å². The van der Waals surface area contributed by atoms with Crippen molar-refractivity contribution in [2.24, 2.45) is 5.92 Å². The Balaban J connectivity index is 1.71. The first-order valence-corrected chi connectivity index (χ1v) is 9.92. The molecular formula is C20H30N4O2. The summed E-state index contributed by atoms with van der Waals surface area (Å²) in [5.74, 6) is 1.59. The zero-order valence-corrected chi connectivity index (χ0v) is 16.2. The molecule has 0 radical (unpaired) electrons. The summed E-state index contributed by atoms with van der Waals surface area (Å²) in [6, 6.07) is 0. The molecule has 1 aromatic rings. The van der Waals surface area contributed by atoms with Crippen LogP contribution in [0.3, 0.4) is 0 Å². The van der Waals surface area contributed by atoms with Gasteiger partial charge in [0, 0.05) is 63.1 Å². The summed E-state index contributed by atoms with van der Waals surface area (Å²) in [5.41, 5.74) is 2.14. The van der Waals surface area contributed by atoms with Crippen molar-refractivity contribution in [3.8, 4) is 0 Å². The van der Waals surface area contributed by atoms with E-state index in [0.29, 0.717) is 13.1 Å². The molecule has 0 aliphatic carbocycles. The van der Waals surface area contributed by atoms with E-state index in [0.717, 1.165) is 62.3 Å². The highest BCUT2D eigenvalue weighted by atomic mass is 16.2. The van der Waals surface area contributed by atoms with Crippen LogP contribution >= 0.6 is 0 Å². The second-order valence-electron chi connectivity index (χ2n) is 7.53. The van der Waals surface area contributed by atoms with E-state index < -0.39 is 0 Å². The molecule has 0 aromatic carbocycles. The molecule has 6 heteroatoms. The van der Waals surface area contributed by atoms with Crippen molar-refractivity contribution < 1.29 is 9.59 Å². The minimum atomic E-state index is 0.122. The van der Waals surface area contributed by atoms with Crippen LogP contribution in [0.1, 0.15) is 69.5 Å². The maximum absolute atomic E-state index is 12.6. The Morgan fingerprint density at radius 2 is 2.00 bits per heavy atom. The van der Waals surface area contributed by atoms with Crippen LogP contribution in [0, 0.1) is 5.92 Å². The van der Waals surface area contributed by atoms with E-state index in [1.807, 2.05) is 16.0 Å². The average Bonchev–Trinajstić information content (AvgIpc) is 2.68. The number of piperidine rings is 1. The molecule has 3 heterocycles. The third kappa shape index (κ3) is 3.89. The summed E-state index contributed by atoms with van der Waals surface area (Å²) in [7, 11) is 0. The van der Waals surface area contributed by atoms with Crippen molar-refractivity contribution in [1.29, 1.82) is 0 Å². The summed E-state index contributed by atoms with van der Waals surface area (Å²) in [5, 5.41) is 0. The van der Waals surface area contributed by atoms with Crippen LogP contribution in [0.5, 0.6) is 0 Å². The third-order valence-corrected chi connectivity index (χ3v) is 5.83. The predicted molar refractivity (Wildman–Crippen MR) is 99.5 cm³/mol. The van der Waals surface area contributed by atoms with Crippen molar-refractivity contribution in [2.45, 2.75) is 65.3 Å². The molecule has 2 amide bonds. The predicted octanol–water partition coefficient (Wildman–Crippen LogP) is 2.52. The van der Waals surface area contributed by atoms with Gasteiger partial charge in [0.25, 0.3) is 0 Å². The fraction of sp³-hybridized carbons (Fsp3) is 0.700. The highest BCUT2D eigenvalue weighted by molar-refractivity contribution is 5.79. The van der Waals surface area contributed by atoms with Crippen LogP contribution in [0.25, 0.3) is 0 Å². The quantitative estimate of drug-likeness (QED) is 0.829. The molecule has 1 aromatic heterocycles. The van der Waals surface area contributed by atoms with Crippen LogP contribution in [0.2, 0.25) is 0 Å². The molecule has 2 aliphatic heterocycles. The number of hydrogen-bond acceptors (Lipinski definition) is 4. The zero-order chi connectivity index (χ0) is 18.7. The molecule has 2 aliphatic rings. The van der Waals surface area contributed by atoms with Gasteiger partial charge in [0.05, 0.1) is 5.69 Å². The molecular weight excluding hydrogens is 328 g/mol. The second-order valence-corrected chi connectivity index (χ2v) is 7.53. The van der Waals surface area contributed by atoms with Gasteiger partial charge in [-0.1, -0.05) is 13.8 Å². The van der Waals surface area contributed by atoms with Gasteiger partial charge < -0.3 is 9.80 Å². The maximum Gasteiger partial charge on any atom is 0.225 e. The molecule has 0 bridgehead atoms. The third-order valence-electron chi connectivity index (χ3n) is 5.83. The number of amides is 2. The van der Waals surface area contributed by atoms with Gasteiger partial charge in [-0.3, -0.25) is 9.59 Å². The standard InChI is InChI=1S/C20H30N4O2/c1-4-15(5-2)20(26)24-10-8-18-17(13-24)11-21-19(22-18)16-7-6-9-23(12-16)14(3)25/h11,15-16H,4-10,12-13H2,1-3H3/t16-/m0/s1. The van der Waals surface area contributed by atoms with Crippen LogP contribution < -0.4 is 0 Å². The van der Waals surface area contributed by atoms with E-state index in [1.54, 1.807) is 6.92 Å². The van der Waals surface area contributed by atoms with Gasteiger partial charge in [-0.05, 0) is 25.7 Å². The lowest BCUT2D eigenvalue weighted by Crippen LogP contribution is -2.40. The lowest BCUT2D eigenvalue weighted by atomic mass is 9.96. The van der Waals surface area contributed by atoms with E-state index in [1.165, 1.54) is 0 Å². The van der Waals surface area contributed by atoms with E-state index in [-0.39, 0.29) is 23.7 Å². The molecule has 0 unspecified atom stereocenters. The largest absolute Gasteiger partial charge is 0.342 e. The first-order valence-electron chi connectivity index (χ1n) is 9.92. The van der Waals surface area contributed by atoms with Crippen molar-refractivity contribution in [2.75, 3.05) is 19.6 Å². The smallest absolute Gasteiger partial charge is 0.225 e. The maximum atomic E-state index is 12.6. The number of likely N-dealkylation sites (tertiary alicyclic amines) is 1. The van der Waals surface area contributed by atoms with Gasteiger partial charge in [0.2, 0.25) is 11.8 Å². The molecule has 1 fully saturated rings. The Morgan fingerprint density at radius 3 is 2.69 bits per heavy atom. The fourth-order valence-corrected chi connectivity index (χ4v) is 4.09. The van der Waals surface area contributed by atoms with Crippen LogP contribution in [0.15, 0.2) is 6.20 Å². The Bertz CT molecular complexity index is 672. The van der Waals surface area contributed by atoms with Crippen molar-refractivity contribution >= 4 is 11.8 Å². The zero-order valence-electron chi connectivity index (χ0n) is 16.2. The fourth-order valence-electron chi connectivity index (χ4n) is 4.09. The number of hydrogen-bond donors (Lipinski definition) is 0. The van der Waals surface area contributed by atoms with Crippen LogP contribution in [-0.2, 0) is 22.6 Å². The number of aromatic nitrogens is 2. The Morgan fingerprint density at radius 1 is 1.23 bits per heavy atom. The number of carbonyl (C=O) groups is 2. The van der Waals surface area contributed by atoms with Crippen LogP contribution in [0.4, 0.5) is 0 Å². The first kappa shape index (κ1) is 18.8. The van der Waals surface area contributed by atoms with E-state index in [2.05, 4.69) is 18.8 Å². The molecule has 26 heavy (non-hydrogen) atoms. The van der Waals surface area contributed by atoms with Gasteiger partial charge in [0.1, 0.15) is 5.82 Å². The minimum Gasteiger partial charge on any atom is -0.342 e. The molecule has 0 N–H and O–H groups in total. The van der Waals surface area contributed by atoms with Gasteiger partial charge in [0.15, 0.2) is 0 Å². The number of rotatable bonds is 4. The summed E-state index contributed by atoms with van der Waals surface area (Å²) >= 11 is 0. The summed E-state index contributed by atoms with van der Waals surface area (Å²) < 4.78 is 0. The molecule has 142 valence electrons. The summed E-state index contributed by atoms with van der Waals surface area (Å²) in [4.78, 5) is 37.6. The topological polar surface area (TPSA) is 66.4 Å². The summed E-state index contributed by atoms with van der Waals surface area (Å²) in [6.07, 6.45) is 6.51. The number of fused-ring (bicyclic) bond motifs is 1. The molecule has 0 spiro atoms. The SMILES string of the molecule is CCC(CC)C(=O)N1CCc2nc([C@H]3CCCN(C(C)=O)C3)ncc2C1. The number of carbonyl (C=O) groups excluding carboxylic acids is 2. The second kappa shape index (κ2) is 8.14. The normalized spacial score (nSPS) is 20.2. The van der Waals surface area contributed by atoms with Crippen molar-refractivity contribution in [1.82, 2.24) is 19.8 Å². The lowest BCUT2D eigenvalue weighted by molar-refractivity contribution is -0.136. The Labute approximate surface area is 156 Å². The van der Waals surface area contributed by atoms with E-state index in [4.69, 9.17) is 4.98 Å². The Hall–Kier alpha value is -1.98. The van der Waals surface area contributed by atoms with Gasteiger partial charge in [-0.25, -0.2) is 9.97 Å². The highest BCUT2D eigenvalue weighted by Crippen LogP contribution is 2.27. The van der Waals surface area contributed by atoms with Gasteiger partial charge >= 0.3 is 0 Å². The van der Waals surface area contributed by atoms with Gasteiger partial charge in [-0.2, -0.15) is 0 Å². The molecule has 0 saturated carbocycles. The van der Waals surface area contributed by atoms with Gasteiger partial charge in [-0.15, -0.1) is 0 Å². The Kier molecular flexibility index (Phi) is 5.89. The van der Waals surface area contributed by atoms with Crippen LogP contribution in [-0.4, -0.2) is 51.2 Å². The molecule has 3 rings (SSSR count). The minimum absolute atomic E-state index is 0.122. The first-order chi connectivity index (χ1) is 12.5.